The van der Waals surface area contributed by atoms with E-state index in [9.17, 15) is 0 Å². The van der Waals surface area contributed by atoms with Gasteiger partial charge in [0.25, 0.3) is 0 Å². The van der Waals surface area contributed by atoms with E-state index in [1.807, 2.05) is 11.4 Å². The number of aliphatic hydroxyl groups is 2. The molecule has 0 saturated heterocycles. The van der Waals surface area contributed by atoms with Gasteiger partial charge in [0.05, 0.1) is 6.61 Å². The Balaban J connectivity index is 2.46. The molecule has 0 unspecified atom stereocenters. The number of halogens is 1. The first-order valence-electron chi connectivity index (χ1n) is 4.94. The molecule has 0 radical (unpaired) electrons. The summed E-state index contributed by atoms with van der Waals surface area (Å²) in [7, 11) is 0. The molecule has 1 aromatic heterocycles. The van der Waals surface area contributed by atoms with Crippen LogP contribution in [0.5, 0.6) is 0 Å². The van der Waals surface area contributed by atoms with Crippen LogP contribution >= 0.6 is 27.3 Å². The van der Waals surface area contributed by atoms with Crippen molar-refractivity contribution >= 4 is 27.3 Å². The zero-order valence-electron chi connectivity index (χ0n) is 8.53. The molecular formula is C10H16BrNO2S. The molecule has 1 heterocycles. The lowest BCUT2D eigenvalue weighted by Gasteiger charge is -2.20. The second-order valence-corrected chi connectivity index (χ2v) is 5.12. The summed E-state index contributed by atoms with van der Waals surface area (Å²) in [4.78, 5) is 3.41. The van der Waals surface area contributed by atoms with Crippen molar-refractivity contribution in [3.8, 4) is 0 Å². The van der Waals surface area contributed by atoms with Crippen LogP contribution in [0.4, 0.5) is 0 Å². The van der Waals surface area contributed by atoms with Crippen molar-refractivity contribution in [3.63, 3.8) is 0 Å². The molecule has 5 heteroatoms. The molecule has 86 valence electrons. The molecular weight excluding hydrogens is 278 g/mol. The molecule has 0 aliphatic rings. The molecule has 1 aromatic rings. The first-order valence-corrected chi connectivity index (χ1v) is 6.61. The second-order valence-electron chi connectivity index (χ2n) is 3.27. The van der Waals surface area contributed by atoms with E-state index in [1.165, 1.54) is 4.88 Å². The van der Waals surface area contributed by atoms with Gasteiger partial charge in [0, 0.05) is 35.6 Å². The molecule has 0 amide bonds. The Hall–Kier alpha value is 0.0600. The minimum absolute atomic E-state index is 0.161. The van der Waals surface area contributed by atoms with E-state index in [0.29, 0.717) is 6.54 Å². The molecule has 0 atom stereocenters. The minimum Gasteiger partial charge on any atom is -0.396 e. The van der Waals surface area contributed by atoms with Gasteiger partial charge in [-0.1, -0.05) is 0 Å². The van der Waals surface area contributed by atoms with Crippen LogP contribution in [0.15, 0.2) is 15.9 Å². The monoisotopic (exact) mass is 293 g/mol. The summed E-state index contributed by atoms with van der Waals surface area (Å²) < 4.78 is 1.12. The molecule has 0 aliphatic heterocycles. The summed E-state index contributed by atoms with van der Waals surface area (Å²) in [6, 6.07) is 2.03. The lowest BCUT2D eigenvalue weighted by Crippen LogP contribution is -2.27. The normalized spacial score (nSPS) is 11.2. The summed E-state index contributed by atoms with van der Waals surface area (Å²) in [5.41, 5.74) is 0. The standard InChI is InChI=1S/C10H16BrNO2S/c11-9-2-7-15-10(9)8-12(4-6-14)3-1-5-13/h2,7,13-14H,1,3-6,8H2. The van der Waals surface area contributed by atoms with Gasteiger partial charge in [-0.15, -0.1) is 11.3 Å². The van der Waals surface area contributed by atoms with Gasteiger partial charge in [0.15, 0.2) is 0 Å². The van der Waals surface area contributed by atoms with Crippen LogP contribution in [0.25, 0.3) is 0 Å². The number of thiophene rings is 1. The molecule has 1 rings (SSSR count). The van der Waals surface area contributed by atoms with Gasteiger partial charge in [0.1, 0.15) is 0 Å². The lowest BCUT2D eigenvalue weighted by molar-refractivity contribution is 0.175. The number of aliphatic hydroxyl groups excluding tert-OH is 2. The predicted molar refractivity (Wildman–Crippen MR) is 66.1 cm³/mol. The highest BCUT2D eigenvalue weighted by atomic mass is 79.9. The SMILES string of the molecule is OCCCN(CCO)Cc1sccc1Br. The van der Waals surface area contributed by atoms with Crippen molar-refractivity contribution in [2.75, 3.05) is 26.3 Å². The Morgan fingerprint density at radius 1 is 1.27 bits per heavy atom. The summed E-state index contributed by atoms with van der Waals surface area (Å²) in [5.74, 6) is 0. The maximum Gasteiger partial charge on any atom is 0.0558 e. The minimum atomic E-state index is 0.161. The van der Waals surface area contributed by atoms with E-state index in [2.05, 4.69) is 20.8 Å². The molecule has 0 bridgehead atoms. The van der Waals surface area contributed by atoms with E-state index in [-0.39, 0.29) is 13.2 Å². The highest BCUT2D eigenvalue weighted by Crippen LogP contribution is 2.24. The third kappa shape index (κ3) is 4.61. The van der Waals surface area contributed by atoms with E-state index in [1.54, 1.807) is 11.3 Å². The molecule has 0 aliphatic carbocycles. The van der Waals surface area contributed by atoms with Gasteiger partial charge in [-0.3, -0.25) is 4.90 Å². The van der Waals surface area contributed by atoms with Gasteiger partial charge in [0.2, 0.25) is 0 Å². The fourth-order valence-electron chi connectivity index (χ4n) is 1.35. The fourth-order valence-corrected chi connectivity index (χ4v) is 2.87. The van der Waals surface area contributed by atoms with Crippen LogP contribution in [0.3, 0.4) is 0 Å². The largest absolute Gasteiger partial charge is 0.396 e. The summed E-state index contributed by atoms with van der Waals surface area (Å²) >= 11 is 5.19. The van der Waals surface area contributed by atoms with E-state index < -0.39 is 0 Å². The van der Waals surface area contributed by atoms with Crippen LogP contribution in [-0.2, 0) is 6.54 Å². The summed E-state index contributed by atoms with van der Waals surface area (Å²) in [5, 5.41) is 19.7. The van der Waals surface area contributed by atoms with Crippen molar-refractivity contribution < 1.29 is 10.2 Å². The number of hydrogen-bond donors (Lipinski definition) is 2. The van der Waals surface area contributed by atoms with Crippen molar-refractivity contribution in [2.24, 2.45) is 0 Å². The smallest absolute Gasteiger partial charge is 0.0558 e. The zero-order valence-corrected chi connectivity index (χ0v) is 10.9. The van der Waals surface area contributed by atoms with Crippen LogP contribution < -0.4 is 0 Å². The molecule has 0 aromatic carbocycles. The average molecular weight is 294 g/mol. The molecule has 3 nitrogen and oxygen atoms in total. The zero-order chi connectivity index (χ0) is 11.1. The maximum atomic E-state index is 8.92. The van der Waals surface area contributed by atoms with Crippen LogP contribution in [-0.4, -0.2) is 41.4 Å². The van der Waals surface area contributed by atoms with Gasteiger partial charge in [-0.05, 0) is 33.8 Å². The molecule has 0 saturated carbocycles. The van der Waals surface area contributed by atoms with Gasteiger partial charge in [-0.25, -0.2) is 0 Å². The van der Waals surface area contributed by atoms with Gasteiger partial charge >= 0.3 is 0 Å². The first-order chi connectivity index (χ1) is 7.27. The topological polar surface area (TPSA) is 43.7 Å². The van der Waals surface area contributed by atoms with Crippen LogP contribution in [0.2, 0.25) is 0 Å². The first kappa shape index (κ1) is 13.1. The number of hydrogen-bond acceptors (Lipinski definition) is 4. The lowest BCUT2D eigenvalue weighted by atomic mass is 10.3. The van der Waals surface area contributed by atoms with Crippen molar-refractivity contribution in [1.29, 1.82) is 0 Å². The third-order valence-electron chi connectivity index (χ3n) is 2.11. The highest BCUT2D eigenvalue weighted by molar-refractivity contribution is 9.10. The van der Waals surface area contributed by atoms with Crippen molar-refractivity contribution in [1.82, 2.24) is 4.90 Å². The molecule has 0 fully saturated rings. The summed E-state index contributed by atoms with van der Waals surface area (Å²) in [6.07, 6.45) is 0.753. The average Bonchev–Trinajstić information content (AvgIpc) is 2.61. The predicted octanol–water partition coefficient (Wildman–Crippen LogP) is 1.69. The van der Waals surface area contributed by atoms with Crippen molar-refractivity contribution in [3.05, 3.63) is 20.8 Å². The molecule has 0 spiro atoms. The van der Waals surface area contributed by atoms with Crippen LogP contribution in [0.1, 0.15) is 11.3 Å². The number of rotatable bonds is 7. The summed E-state index contributed by atoms with van der Waals surface area (Å²) in [6.45, 7) is 2.67. The van der Waals surface area contributed by atoms with E-state index >= 15 is 0 Å². The second kappa shape index (κ2) is 7.35. The highest BCUT2D eigenvalue weighted by Gasteiger charge is 2.08. The maximum absolute atomic E-state index is 8.92. The van der Waals surface area contributed by atoms with E-state index in [0.717, 1.165) is 24.0 Å². The Morgan fingerprint density at radius 3 is 2.60 bits per heavy atom. The van der Waals surface area contributed by atoms with Gasteiger partial charge in [-0.2, -0.15) is 0 Å². The Kier molecular flexibility index (Phi) is 6.43. The fraction of sp³-hybridized carbons (Fsp3) is 0.600. The van der Waals surface area contributed by atoms with Crippen LogP contribution in [0, 0.1) is 0 Å². The Labute approximate surface area is 102 Å². The van der Waals surface area contributed by atoms with Crippen molar-refractivity contribution in [2.45, 2.75) is 13.0 Å². The van der Waals surface area contributed by atoms with E-state index in [4.69, 9.17) is 10.2 Å². The molecule has 15 heavy (non-hydrogen) atoms. The quantitative estimate of drug-likeness (QED) is 0.804. The molecule has 2 N–H and O–H groups in total. The third-order valence-corrected chi connectivity index (χ3v) is 4.02. The number of nitrogens with zero attached hydrogens (tertiary/aromatic N) is 1. The van der Waals surface area contributed by atoms with Gasteiger partial charge < -0.3 is 10.2 Å². The Bertz CT molecular complexity index is 280. The Morgan fingerprint density at radius 2 is 2.07 bits per heavy atom.